The first kappa shape index (κ1) is 17.0. The first-order valence-corrected chi connectivity index (χ1v) is 8.88. The SMILES string of the molecule is CCCCC(I)(C(C)O)C(CN=O)[I-]NC. The Morgan fingerprint density at radius 3 is 2.62 bits per heavy atom. The normalized spacial score (nSPS) is 19.1. The van der Waals surface area contributed by atoms with Crippen LogP contribution in [-0.4, -0.2) is 32.1 Å². The van der Waals surface area contributed by atoms with Crippen LogP contribution in [0.25, 0.3) is 0 Å². The van der Waals surface area contributed by atoms with Crippen LogP contribution in [-0.2, 0) is 0 Å². The van der Waals surface area contributed by atoms with Gasteiger partial charge in [-0.25, -0.2) is 0 Å². The zero-order valence-corrected chi connectivity index (χ0v) is 14.4. The van der Waals surface area contributed by atoms with Crippen LogP contribution in [0.15, 0.2) is 5.18 Å². The number of hydrogen-bond donors (Lipinski definition) is 2. The fourth-order valence-electron chi connectivity index (χ4n) is 1.55. The van der Waals surface area contributed by atoms with Gasteiger partial charge in [-0.15, -0.1) is 0 Å². The standard InChI is InChI=1S/C10H21I2N2O2/c1-4-5-6-10(11,8(2)15)9(7-14-16)12-13-3/h8-9,13,15H,4-7H2,1-3H3/q-1. The number of nitrogens with zero attached hydrogens (tertiary/aromatic N) is 1. The Bertz CT molecular complexity index is 205. The summed E-state index contributed by atoms with van der Waals surface area (Å²) < 4.78 is 3.17. The van der Waals surface area contributed by atoms with Gasteiger partial charge in [0.15, 0.2) is 0 Å². The van der Waals surface area contributed by atoms with Crippen molar-refractivity contribution in [1.82, 2.24) is 3.53 Å². The Kier molecular flexibility index (Phi) is 9.53. The molecule has 98 valence electrons. The minimum absolute atomic E-state index is 0.195. The second-order valence-corrected chi connectivity index (χ2v) is 9.00. The van der Waals surface area contributed by atoms with E-state index in [1.165, 1.54) is 0 Å². The average molecular weight is 455 g/mol. The quantitative estimate of drug-likeness (QED) is 0.205. The van der Waals surface area contributed by atoms with E-state index in [9.17, 15) is 10.0 Å². The molecule has 0 saturated carbocycles. The molecule has 0 aliphatic heterocycles. The van der Waals surface area contributed by atoms with Crippen LogP contribution < -0.4 is 25.0 Å². The third kappa shape index (κ3) is 5.09. The third-order valence-electron chi connectivity index (χ3n) is 2.60. The first-order chi connectivity index (χ1) is 7.52. The summed E-state index contributed by atoms with van der Waals surface area (Å²) in [6.07, 6.45) is 2.73. The van der Waals surface area contributed by atoms with E-state index < -0.39 is 6.10 Å². The molecule has 0 radical (unpaired) electrons. The van der Waals surface area contributed by atoms with Crippen LogP contribution in [0.5, 0.6) is 0 Å². The van der Waals surface area contributed by atoms with Crippen molar-refractivity contribution in [3.63, 3.8) is 0 Å². The average Bonchev–Trinajstić information content (AvgIpc) is 2.25. The van der Waals surface area contributed by atoms with Crippen molar-refractivity contribution in [2.24, 2.45) is 5.18 Å². The summed E-state index contributed by atoms with van der Waals surface area (Å²) in [5.74, 6) is 0. The van der Waals surface area contributed by atoms with Gasteiger partial charge in [0, 0.05) is 0 Å². The van der Waals surface area contributed by atoms with Gasteiger partial charge >= 0.3 is 123 Å². The summed E-state index contributed by atoms with van der Waals surface area (Å²) in [6.45, 7) is 4.27. The van der Waals surface area contributed by atoms with Crippen molar-refractivity contribution >= 4 is 22.6 Å². The van der Waals surface area contributed by atoms with Crippen molar-refractivity contribution in [3.8, 4) is 0 Å². The van der Waals surface area contributed by atoms with E-state index in [1.807, 2.05) is 14.0 Å². The van der Waals surface area contributed by atoms with E-state index in [4.69, 9.17) is 0 Å². The van der Waals surface area contributed by atoms with Gasteiger partial charge in [0.05, 0.1) is 0 Å². The molecule has 0 rings (SSSR count). The molecule has 0 spiro atoms. The number of halogens is 2. The number of unbranched alkanes of at least 4 members (excludes halogenated alkanes) is 1. The summed E-state index contributed by atoms with van der Waals surface area (Å²) in [6, 6.07) is 0. The molecule has 4 nitrogen and oxygen atoms in total. The second-order valence-electron chi connectivity index (χ2n) is 3.78. The summed E-state index contributed by atoms with van der Waals surface area (Å²) in [4.78, 5) is 10.5. The van der Waals surface area contributed by atoms with E-state index in [0.717, 1.165) is 19.3 Å². The van der Waals surface area contributed by atoms with E-state index in [2.05, 4.69) is 38.2 Å². The van der Waals surface area contributed by atoms with Gasteiger partial charge in [-0.1, -0.05) is 0 Å². The Balaban J connectivity index is 4.71. The van der Waals surface area contributed by atoms with Crippen LogP contribution in [0.4, 0.5) is 0 Å². The predicted octanol–water partition coefficient (Wildman–Crippen LogP) is -0.910. The van der Waals surface area contributed by atoms with Crippen molar-refractivity contribution < 1.29 is 26.6 Å². The van der Waals surface area contributed by atoms with Gasteiger partial charge < -0.3 is 0 Å². The number of aliphatic hydroxyl groups excluding tert-OH is 1. The van der Waals surface area contributed by atoms with Crippen LogP contribution in [0.1, 0.15) is 33.1 Å². The van der Waals surface area contributed by atoms with Gasteiger partial charge in [0.1, 0.15) is 0 Å². The van der Waals surface area contributed by atoms with E-state index in [0.29, 0.717) is 6.54 Å². The minimum atomic E-state index is -0.403. The summed E-state index contributed by atoms with van der Waals surface area (Å²) in [5.41, 5.74) is 0. The van der Waals surface area contributed by atoms with Gasteiger partial charge in [0.2, 0.25) is 0 Å². The Morgan fingerprint density at radius 1 is 1.62 bits per heavy atom. The monoisotopic (exact) mass is 455 g/mol. The van der Waals surface area contributed by atoms with Crippen LogP contribution in [0, 0.1) is 4.91 Å². The number of rotatable bonds is 9. The molecule has 2 N–H and O–H groups in total. The van der Waals surface area contributed by atoms with E-state index in [1.54, 1.807) is 0 Å². The first-order valence-electron chi connectivity index (χ1n) is 5.48. The fourth-order valence-corrected chi connectivity index (χ4v) is 5.38. The van der Waals surface area contributed by atoms with Gasteiger partial charge in [-0.3, -0.25) is 0 Å². The molecule has 6 heteroatoms. The van der Waals surface area contributed by atoms with E-state index >= 15 is 0 Å². The second kappa shape index (κ2) is 8.98. The fraction of sp³-hybridized carbons (Fsp3) is 1.00. The molecular formula is C10H21I2N2O2-. The molecule has 0 aliphatic rings. The van der Waals surface area contributed by atoms with Gasteiger partial charge in [-0.2, -0.15) is 0 Å². The molecule has 3 atom stereocenters. The Hall–Kier alpha value is 0.980. The van der Waals surface area contributed by atoms with Crippen molar-refractivity contribution in [3.05, 3.63) is 4.91 Å². The number of hydrogen-bond acceptors (Lipinski definition) is 4. The molecule has 0 amide bonds. The zero-order valence-electron chi connectivity index (χ0n) is 10.0. The van der Waals surface area contributed by atoms with Crippen LogP contribution in [0.3, 0.4) is 0 Å². The molecule has 0 aromatic heterocycles. The molecule has 0 aromatic carbocycles. The third-order valence-corrected chi connectivity index (χ3v) is 8.87. The van der Waals surface area contributed by atoms with Crippen molar-refractivity contribution in [1.29, 1.82) is 0 Å². The maximum absolute atomic E-state index is 10.5. The molecule has 0 aliphatic carbocycles. The summed E-state index contributed by atoms with van der Waals surface area (Å²) in [5, 5.41) is 13.0. The van der Waals surface area contributed by atoms with Gasteiger partial charge in [0.25, 0.3) is 0 Å². The molecule has 3 unspecified atom stereocenters. The number of nitrogens with one attached hydrogen (secondary N) is 1. The van der Waals surface area contributed by atoms with Crippen LogP contribution >= 0.6 is 22.6 Å². The van der Waals surface area contributed by atoms with Crippen LogP contribution in [0.2, 0.25) is 0 Å². The topological polar surface area (TPSA) is 61.7 Å². The molecule has 0 aromatic rings. The maximum atomic E-state index is 10.5. The Labute approximate surface area is 122 Å². The predicted molar refractivity (Wildman–Crippen MR) is 71.5 cm³/mol. The molecule has 0 fully saturated rings. The van der Waals surface area contributed by atoms with E-state index in [-0.39, 0.29) is 28.8 Å². The zero-order chi connectivity index (χ0) is 12.6. The summed E-state index contributed by atoms with van der Waals surface area (Å²) >= 11 is 2.04. The number of alkyl halides is 2. The number of nitroso groups, excluding NO2 is 1. The molecule has 16 heavy (non-hydrogen) atoms. The molecule has 0 heterocycles. The number of aliphatic hydroxyl groups is 1. The molecule has 0 saturated heterocycles. The van der Waals surface area contributed by atoms with Crippen molar-refractivity contribution in [2.75, 3.05) is 13.6 Å². The van der Waals surface area contributed by atoms with Crippen molar-refractivity contribution in [2.45, 2.75) is 46.6 Å². The van der Waals surface area contributed by atoms with Gasteiger partial charge in [-0.05, 0) is 0 Å². The summed E-state index contributed by atoms with van der Waals surface area (Å²) in [7, 11) is 1.91. The Morgan fingerprint density at radius 2 is 2.25 bits per heavy atom. The molecular weight excluding hydrogens is 434 g/mol. The molecule has 0 bridgehead atoms.